The molecule has 0 fully saturated rings. The predicted molar refractivity (Wildman–Crippen MR) is 65.9 cm³/mol. The van der Waals surface area contributed by atoms with Crippen LogP contribution in [-0.4, -0.2) is 16.8 Å². The number of aromatic nitrogens is 1. The highest BCUT2D eigenvalue weighted by Crippen LogP contribution is 2.25. The summed E-state index contributed by atoms with van der Waals surface area (Å²) in [5, 5.41) is 3.76. The average molecular weight is 259 g/mol. The van der Waals surface area contributed by atoms with E-state index >= 15 is 0 Å². The Kier molecular flexibility index (Phi) is 4.18. The highest BCUT2D eigenvalue weighted by Gasteiger charge is 2.13. The molecule has 0 radical (unpaired) electrons. The zero-order chi connectivity index (χ0) is 11.4. The molecule has 0 saturated carbocycles. The summed E-state index contributed by atoms with van der Waals surface area (Å²) in [6, 6.07) is 0. The van der Waals surface area contributed by atoms with Crippen LogP contribution in [0.1, 0.15) is 34.8 Å². The van der Waals surface area contributed by atoms with Crippen LogP contribution in [0.3, 0.4) is 0 Å². The lowest BCUT2D eigenvalue weighted by Crippen LogP contribution is -2.23. The molecule has 2 rings (SSSR count). The summed E-state index contributed by atoms with van der Waals surface area (Å²) in [6.45, 7) is 0.517. The smallest absolute Gasteiger partial charge is 0.235 e. The molecule has 1 N–H and O–H groups in total. The van der Waals surface area contributed by atoms with E-state index in [2.05, 4.69) is 10.3 Å². The number of hydrogen-bond donors (Lipinski definition) is 1. The second-order valence-corrected chi connectivity index (χ2v) is 5.38. The molecule has 1 heterocycles. The molecule has 0 spiro atoms. The van der Waals surface area contributed by atoms with Gasteiger partial charge >= 0.3 is 0 Å². The lowest BCUT2D eigenvalue weighted by atomic mass is 10.2. The summed E-state index contributed by atoms with van der Waals surface area (Å²) < 4.78 is 0. The molecule has 1 aliphatic rings. The molecule has 5 heteroatoms. The van der Waals surface area contributed by atoms with Crippen LogP contribution in [-0.2, 0) is 24.2 Å². The fourth-order valence-electron chi connectivity index (χ4n) is 1.88. The Balaban J connectivity index is 1.98. The second-order valence-electron chi connectivity index (χ2n) is 3.95. The van der Waals surface area contributed by atoms with Crippen LogP contribution in [0.2, 0.25) is 0 Å². The lowest BCUT2D eigenvalue weighted by molar-refractivity contribution is -0.118. The minimum absolute atomic E-state index is 0.0189. The van der Waals surface area contributed by atoms with Crippen LogP contribution < -0.4 is 5.32 Å². The molecule has 0 bridgehead atoms. The quantitative estimate of drug-likeness (QED) is 0.668. The molecule has 1 aliphatic carbocycles. The highest BCUT2D eigenvalue weighted by atomic mass is 35.5. The largest absolute Gasteiger partial charge is 0.349 e. The third-order valence-corrected chi connectivity index (χ3v) is 4.10. The molecule has 0 unspecified atom stereocenters. The molecule has 1 aromatic heterocycles. The fraction of sp³-hybridized carbons (Fsp3) is 0.636. The summed E-state index contributed by atoms with van der Waals surface area (Å²) >= 11 is 7.14. The van der Waals surface area contributed by atoms with Gasteiger partial charge in [-0.25, -0.2) is 4.98 Å². The Bertz CT molecular complexity index is 355. The third kappa shape index (κ3) is 2.95. The highest BCUT2D eigenvalue weighted by molar-refractivity contribution is 7.11. The van der Waals surface area contributed by atoms with E-state index in [1.165, 1.54) is 29.8 Å². The molecule has 16 heavy (non-hydrogen) atoms. The minimum atomic E-state index is -0.132. The molecule has 88 valence electrons. The van der Waals surface area contributed by atoms with Crippen molar-refractivity contribution in [2.24, 2.45) is 0 Å². The fourth-order valence-corrected chi connectivity index (χ4v) is 3.07. The Morgan fingerprint density at radius 2 is 2.19 bits per heavy atom. The average Bonchev–Trinajstić information content (AvgIpc) is 2.56. The van der Waals surface area contributed by atoms with Gasteiger partial charge in [-0.1, -0.05) is 6.42 Å². The van der Waals surface area contributed by atoms with Gasteiger partial charge in [0.05, 0.1) is 12.2 Å². The number of nitrogens with zero attached hydrogens (tertiary/aromatic N) is 1. The number of aryl methyl sites for hydroxylation is 2. The number of fused-ring (bicyclic) bond motifs is 1. The standard InChI is InChI=1S/C11H15ClN2OS/c12-6-10(15)13-7-11-14-8-4-2-1-3-5-9(8)16-11/h1-7H2,(H,13,15). The SMILES string of the molecule is O=C(CCl)NCc1nc2c(s1)CCCCC2. The van der Waals surface area contributed by atoms with Crippen molar-refractivity contribution < 1.29 is 4.79 Å². The molecular weight excluding hydrogens is 244 g/mol. The summed E-state index contributed by atoms with van der Waals surface area (Å²) in [5.74, 6) is -0.113. The van der Waals surface area contributed by atoms with Crippen molar-refractivity contribution in [1.82, 2.24) is 10.3 Å². The van der Waals surface area contributed by atoms with E-state index in [4.69, 9.17) is 11.6 Å². The monoisotopic (exact) mass is 258 g/mol. The molecule has 0 aliphatic heterocycles. The Morgan fingerprint density at radius 1 is 1.38 bits per heavy atom. The van der Waals surface area contributed by atoms with Crippen molar-refractivity contribution in [2.45, 2.75) is 38.6 Å². The van der Waals surface area contributed by atoms with Gasteiger partial charge in [-0.05, 0) is 25.7 Å². The van der Waals surface area contributed by atoms with E-state index < -0.39 is 0 Å². The minimum Gasteiger partial charge on any atom is -0.349 e. The molecular formula is C11H15ClN2OS. The Hall–Kier alpha value is -0.610. The molecule has 1 amide bonds. The zero-order valence-electron chi connectivity index (χ0n) is 9.09. The van der Waals surface area contributed by atoms with Crippen molar-refractivity contribution in [3.05, 3.63) is 15.6 Å². The van der Waals surface area contributed by atoms with E-state index in [1.54, 1.807) is 11.3 Å². The van der Waals surface area contributed by atoms with E-state index in [9.17, 15) is 4.79 Å². The maximum absolute atomic E-state index is 11.0. The number of hydrogen-bond acceptors (Lipinski definition) is 3. The number of halogens is 1. The van der Waals surface area contributed by atoms with Gasteiger partial charge in [0, 0.05) is 4.88 Å². The topological polar surface area (TPSA) is 42.0 Å². The molecule has 0 aromatic carbocycles. The maximum Gasteiger partial charge on any atom is 0.235 e. The molecule has 0 atom stereocenters. The second kappa shape index (κ2) is 5.64. The van der Waals surface area contributed by atoms with Crippen LogP contribution in [0.5, 0.6) is 0 Å². The van der Waals surface area contributed by atoms with Crippen molar-refractivity contribution in [3.63, 3.8) is 0 Å². The van der Waals surface area contributed by atoms with Crippen molar-refractivity contribution in [1.29, 1.82) is 0 Å². The number of amides is 1. The summed E-state index contributed by atoms with van der Waals surface area (Å²) in [4.78, 5) is 17.0. The van der Waals surface area contributed by atoms with Gasteiger partial charge in [0.2, 0.25) is 5.91 Å². The van der Waals surface area contributed by atoms with Crippen LogP contribution in [0.25, 0.3) is 0 Å². The molecule has 1 aromatic rings. The Morgan fingerprint density at radius 3 is 3.00 bits per heavy atom. The van der Waals surface area contributed by atoms with Crippen LogP contribution in [0.15, 0.2) is 0 Å². The summed E-state index contributed by atoms with van der Waals surface area (Å²) in [7, 11) is 0. The van der Waals surface area contributed by atoms with Crippen LogP contribution >= 0.6 is 22.9 Å². The van der Waals surface area contributed by atoms with Crippen molar-refractivity contribution in [2.75, 3.05) is 5.88 Å². The number of nitrogens with one attached hydrogen (secondary N) is 1. The molecule has 0 saturated heterocycles. The van der Waals surface area contributed by atoms with E-state index in [-0.39, 0.29) is 11.8 Å². The first kappa shape index (κ1) is 11.9. The number of thiazole rings is 1. The van der Waals surface area contributed by atoms with Crippen molar-refractivity contribution >= 4 is 28.8 Å². The van der Waals surface area contributed by atoms with Crippen LogP contribution in [0.4, 0.5) is 0 Å². The third-order valence-electron chi connectivity index (χ3n) is 2.70. The molecule has 3 nitrogen and oxygen atoms in total. The predicted octanol–water partition coefficient (Wildman–Crippen LogP) is 2.27. The first-order valence-corrected chi connectivity index (χ1v) is 6.95. The maximum atomic E-state index is 11.0. The van der Waals surface area contributed by atoms with Gasteiger partial charge < -0.3 is 5.32 Å². The van der Waals surface area contributed by atoms with Gasteiger partial charge in [0.1, 0.15) is 10.9 Å². The van der Waals surface area contributed by atoms with Crippen molar-refractivity contribution in [3.8, 4) is 0 Å². The van der Waals surface area contributed by atoms with Gasteiger partial charge in [0.25, 0.3) is 0 Å². The van der Waals surface area contributed by atoms with E-state index in [0.29, 0.717) is 6.54 Å². The first-order valence-electron chi connectivity index (χ1n) is 5.59. The first-order chi connectivity index (χ1) is 7.79. The van der Waals surface area contributed by atoms with Gasteiger partial charge in [-0.2, -0.15) is 0 Å². The Labute approximate surface area is 104 Å². The number of carbonyl (C=O) groups is 1. The summed E-state index contributed by atoms with van der Waals surface area (Å²) in [5.41, 5.74) is 1.25. The number of alkyl halides is 1. The van der Waals surface area contributed by atoms with Gasteiger partial charge in [-0.15, -0.1) is 22.9 Å². The number of rotatable bonds is 3. The summed E-state index contributed by atoms with van der Waals surface area (Å²) in [6.07, 6.45) is 6.06. The number of carbonyl (C=O) groups excluding carboxylic acids is 1. The van der Waals surface area contributed by atoms with E-state index in [0.717, 1.165) is 17.8 Å². The van der Waals surface area contributed by atoms with E-state index in [1.807, 2.05) is 0 Å². The zero-order valence-corrected chi connectivity index (χ0v) is 10.7. The van der Waals surface area contributed by atoms with Gasteiger partial charge in [-0.3, -0.25) is 4.79 Å². The van der Waals surface area contributed by atoms with Gasteiger partial charge in [0.15, 0.2) is 0 Å². The normalized spacial score (nSPS) is 15.3. The van der Waals surface area contributed by atoms with Crippen LogP contribution in [0, 0.1) is 0 Å². The lowest BCUT2D eigenvalue weighted by Gasteiger charge is -1.98.